The van der Waals surface area contributed by atoms with Crippen LogP contribution in [0.2, 0.25) is 0 Å². The van der Waals surface area contributed by atoms with Gasteiger partial charge in [-0.25, -0.2) is 9.78 Å². The van der Waals surface area contributed by atoms with Gasteiger partial charge in [-0.2, -0.15) is 18.7 Å². The van der Waals surface area contributed by atoms with E-state index in [1.54, 1.807) is 30.2 Å². The second-order valence-corrected chi connectivity index (χ2v) is 16.1. The van der Waals surface area contributed by atoms with Crippen molar-refractivity contribution in [1.82, 2.24) is 25.7 Å². The number of alkyl halides is 3. The Morgan fingerprint density at radius 3 is 2.51 bits per heavy atom. The van der Waals surface area contributed by atoms with Crippen molar-refractivity contribution in [2.24, 2.45) is 0 Å². The molecule has 2 aromatic heterocycles. The maximum absolute atomic E-state index is 13.2. The number of hydroxylamine groups is 1. The molecule has 0 bridgehead atoms. The van der Waals surface area contributed by atoms with E-state index in [0.717, 1.165) is 48.9 Å². The first-order valence-electron chi connectivity index (χ1n) is 22.1. The molecule has 17 nitrogen and oxygen atoms in total. The molecule has 7 rings (SSSR count). The SMILES string of the molecule is Cc1ncc(NC(=O)c2cccc(C(F)(F)F)c2)cc1-c1cnc(OCCOCCOCC(=O)ONCCCCCc2cccc3c2CN(C2CCC(=O)NC2=O)C3=O)c(N2CCOCC2)c1. The molecule has 3 aliphatic heterocycles. The van der Waals surface area contributed by atoms with Crippen molar-refractivity contribution in [3.63, 3.8) is 0 Å². The Balaban J connectivity index is 0.785. The number of imide groups is 1. The number of aromatic nitrogens is 2. The number of amides is 4. The third-order valence-electron chi connectivity index (χ3n) is 11.4. The first kappa shape index (κ1) is 48.5. The van der Waals surface area contributed by atoms with E-state index in [9.17, 15) is 37.1 Å². The first-order valence-corrected chi connectivity index (χ1v) is 22.1. The summed E-state index contributed by atoms with van der Waals surface area (Å²) in [5.74, 6) is -1.85. The second-order valence-electron chi connectivity index (χ2n) is 16.1. The molecule has 4 amide bonds. The molecule has 2 aromatic carbocycles. The molecule has 3 N–H and O–H groups in total. The molecule has 20 heteroatoms. The van der Waals surface area contributed by atoms with Crippen LogP contribution in [0, 0.1) is 6.92 Å². The molecule has 3 aliphatic rings. The van der Waals surface area contributed by atoms with Gasteiger partial charge in [0.2, 0.25) is 17.7 Å². The Morgan fingerprint density at radius 1 is 0.910 bits per heavy atom. The molecule has 4 aromatic rings. The molecule has 2 saturated heterocycles. The fraction of sp³-hybridized carbons (Fsp3) is 0.426. The van der Waals surface area contributed by atoms with Crippen LogP contribution in [0.15, 0.2) is 67.0 Å². The summed E-state index contributed by atoms with van der Waals surface area (Å²) in [4.78, 5) is 79.9. The van der Waals surface area contributed by atoms with Crippen LogP contribution in [0.5, 0.6) is 5.88 Å². The number of morpholine rings is 1. The van der Waals surface area contributed by atoms with Gasteiger partial charge < -0.3 is 38.9 Å². The lowest BCUT2D eigenvalue weighted by Gasteiger charge is -2.30. The number of nitrogens with one attached hydrogen (secondary N) is 3. The maximum Gasteiger partial charge on any atom is 0.416 e. The van der Waals surface area contributed by atoms with Crippen LogP contribution in [0.3, 0.4) is 0 Å². The first-order chi connectivity index (χ1) is 32.4. The van der Waals surface area contributed by atoms with Crippen molar-refractivity contribution in [1.29, 1.82) is 0 Å². The summed E-state index contributed by atoms with van der Waals surface area (Å²) in [5, 5.41) is 4.98. The average molecular weight is 932 g/mol. The smallest absolute Gasteiger partial charge is 0.416 e. The Morgan fingerprint density at radius 2 is 1.70 bits per heavy atom. The summed E-state index contributed by atoms with van der Waals surface area (Å²) < 4.78 is 62.4. The van der Waals surface area contributed by atoms with E-state index in [1.807, 2.05) is 18.2 Å². The standard InChI is InChI=1S/C47H52F3N7O10/c1-30-37(25-35(27-51-30)54-43(60)32-9-5-10-34(23-32)47(48,49)50)33-24-40(56-15-17-63-18-16-56)45(52-26-33)66-22-21-64-19-20-65-29-42(59)67-53-14-4-2-3-7-31-8-6-11-36-38(31)28-57(46(36)62)39-12-13-41(58)55-44(39)61/h5-6,8-11,23-27,39,53H,2-4,7,12-22,28-29H2,1H3,(H,54,60)(H,55,58,61). The van der Waals surface area contributed by atoms with Crippen molar-refractivity contribution < 1.29 is 60.9 Å². The number of hydrogen-bond donors (Lipinski definition) is 3. The van der Waals surface area contributed by atoms with Crippen LogP contribution in [0.25, 0.3) is 11.1 Å². The van der Waals surface area contributed by atoms with Crippen LogP contribution >= 0.6 is 0 Å². The van der Waals surface area contributed by atoms with Crippen LogP contribution in [0.4, 0.5) is 24.5 Å². The lowest BCUT2D eigenvalue weighted by molar-refractivity contribution is -0.157. The molecule has 0 spiro atoms. The van der Waals surface area contributed by atoms with Crippen molar-refractivity contribution in [3.8, 4) is 17.0 Å². The summed E-state index contributed by atoms with van der Waals surface area (Å²) in [7, 11) is 0. The molecule has 0 saturated carbocycles. The van der Waals surface area contributed by atoms with Crippen LogP contribution in [-0.2, 0) is 52.6 Å². The minimum Gasteiger partial charge on any atom is -0.474 e. The van der Waals surface area contributed by atoms with E-state index in [-0.39, 0.29) is 56.8 Å². The third kappa shape index (κ3) is 12.9. The van der Waals surface area contributed by atoms with Crippen LogP contribution < -0.4 is 25.8 Å². The van der Waals surface area contributed by atoms with Gasteiger partial charge in [0.1, 0.15) is 24.9 Å². The van der Waals surface area contributed by atoms with E-state index in [0.29, 0.717) is 85.5 Å². The number of nitrogens with zero attached hydrogens (tertiary/aromatic N) is 4. The molecule has 67 heavy (non-hydrogen) atoms. The summed E-state index contributed by atoms with van der Waals surface area (Å²) in [6.45, 7) is 5.26. The van der Waals surface area contributed by atoms with Gasteiger partial charge in [0, 0.05) is 66.7 Å². The number of fused-ring (bicyclic) bond motifs is 1. The van der Waals surface area contributed by atoms with E-state index >= 15 is 0 Å². The zero-order valence-electron chi connectivity index (χ0n) is 37.0. The molecule has 5 heterocycles. The van der Waals surface area contributed by atoms with Gasteiger partial charge >= 0.3 is 12.1 Å². The molecule has 2 fully saturated rings. The van der Waals surface area contributed by atoms with E-state index in [1.165, 1.54) is 18.3 Å². The zero-order chi connectivity index (χ0) is 47.3. The lowest BCUT2D eigenvalue weighted by Crippen LogP contribution is -2.52. The normalized spacial score (nSPS) is 16.2. The average Bonchev–Trinajstić information content (AvgIpc) is 3.66. The van der Waals surface area contributed by atoms with Crippen molar-refractivity contribution in [2.75, 3.05) is 76.1 Å². The summed E-state index contributed by atoms with van der Waals surface area (Å²) in [5.41, 5.74) is 7.17. The number of rotatable bonds is 21. The number of carbonyl (C=O) groups excluding carboxylic acids is 5. The second kappa shape index (κ2) is 22.8. The number of pyridine rings is 2. The predicted molar refractivity (Wildman–Crippen MR) is 236 cm³/mol. The summed E-state index contributed by atoms with van der Waals surface area (Å²) in [6.07, 6.45) is 2.19. The number of unbranched alkanes of at least 4 members (excludes halogenated alkanes) is 2. The molecular formula is C47H52F3N7O10. The summed E-state index contributed by atoms with van der Waals surface area (Å²) in [6, 6.07) is 12.8. The molecule has 356 valence electrons. The number of halogens is 3. The van der Waals surface area contributed by atoms with Gasteiger partial charge in [-0.15, -0.1) is 0 Å². The van der Waals surface area contributed by atoms with Gasteiger partial charge in [0.05, 0.1) is 50.5 Å². The fourth-order valence-corrected chi connectivity index (χ4v) is 7.97. The van der Waals surface area contributed by atoms with Gasteiger partial charge in [-0.05, 0) is 80.1 Å². The fourth-order valence-electron chi connectivity index (χ4n) is 7.97. The minimum atomic E-state index is -4.59. The number of hydrogen-bond acceptors (Lipinski definition) is 14. The van der Waals surface area contributed by atoms with Crippen LogP contribution in [-0.4, -0.2) is 116 Å². The highest BCUT2D eigenvalue weighted by atomic mass is 19.4. The van der Waals surface area contributed by atoms with Gasteiger partial charge in [0.15, 0.2) is 0 Å². The Bertz CT molecular complexity index is 2430. The third-order valence-corrected chi connectivity index (χ3v) is 11.4. The number of carbonyl (C=O) groups is 5. The molecular weight excluding hydrogens is 880 g/mol. The topological polar surface area (TPSA) is 200 Å². The molecule has 0 radical (unpaired) electrons. The monoisotopic (exact) mass is 931 g/mol. The number of piperidine rings is 1. The molecule has 1 unspecified atom stereocenters. The van der Waals surface area contributed by atoms with E-state index < -0.39 is 35.6 Å². The van der Waals surface area contributed by atoms with Gasteiger partial charge in [0.25, 0.3) is 11.8 Å². The van der Waals surface area contributed by atoms with E-state index in [2.05, 4.69) is 31.0 Å². The maximum atomic E-state index is 13.2. The highest BCUT2D eigenvalue weighted by molar-refractivity contribution is 6.06. The van der Waals surface area contributed by atoms with Crippen molar-refractivity contribution in [3.05, 3.63) is 101 Å². The van der Waals surface area contributed by atoms with Gasteiger partial charge in [-0.1, -0.05) is 24.6 Å². The van der Waals surface area contributed by atoms with Crippen LogP contribution in [0.1, 0.15) is 75.2 Å². The lowest BCUT2D eigenvalue weighted by atomic mass is 9.98. The number of anilines is 2. The Kier molecular flexibility index (Phi) is 16.5. The highest BCUT2D eigenvalue weighted by Crippen LogP contribution is 2.35. The quantitative estimate of drug-likeness (QED) is 0.0560. The van der Waals surface area contributed by atoms with Gasteiger partial charge in [-0.3, -0.25) is 29.5 Å². The predicted octanol–water partition coefficient (Wildman–Crippen LogP) is 5.19. The minimum absolute atomic E-state index is 0.143. The Labute approximate surface area is 384 Å². The zero-order valence-corrected chi connectivity index (χ0v) is 37.0. The van der Waals surface area contributed by atoms with Crippen molar-refractivity contribution in [2.45, 2.75) is 64.2 Å². The largest absolute Gasteiger partial charge is 0.474 e. The van der Waals surface area contributed by atoms with E-state index in [4.69, 9.17) is 23.8 Å². The molecule has 1 atom stereocenters. The number of ether oxygens (including phenoxy) is 4. The highest BCUT2D eigenvalue weighted by Gasteiger charge is 2.39. The molecule has 0 aliphatic carbocycles. The van der Waals surface area contributed by atoms with Crippen molar-refractivity contribution >= 4 is 41.0 Å². The summed E-state index contributed by atoms with van der Waals surface area (Å²) >= 11 is 0. The Hall–Kier alpha value is -6.48. The number of benzene rings is 2. The number of aryl methyl sites for hydroxylation is 2.